The Kier molecular flexibility index (Phi) is 2.54. The highest BCUT2D eigenvalue weighted by Crippen LogP contribution is 2.51. The van der Waals surface area contributed by atoms with Crippen LogP contribution in [0, 0.1) is 0 Å². The molecule has 0 amide bonds. The van der Waals surface area contributed by atoms with Crippen molar-refractivity contribution in [2.75, 3.05) is 0 Å². The normalized spacial score (nSPS) is 21.2. The topological polar surface area (TPSA) is 9.23 Å². The van der Waals surface area contributed by atoms with Gasteiger partial charge in [0.15, 0.2) is 0 Å². The third kappa shape index (κ3) is 1.80. The summed E-state index contributed by atoms with van der Waals surface area (Å²) >= 11 is 0. The maximum absolute atomic E-state index is 6.27. The van der Waals surface area contributed by atoms with E-state index in [0.29, 0.717) is 0 Å². The van der Waals surface area contributed by atoms with Crippen LogP contribution >= 0.6 is 8.15 Å². The highest BCUT2D eigenvalue weighted by molar-refractivity contribution is 7.69. The van der Waals surface area contributed by atoms with Crippen LogP contribution in [0.5, 0.6) is 0 Å². The lowest BCUT2D eigenvalue weighted by atomic mass is 9.99. The monoisotopic (exact) mass is 242 g/mol. The number of fused-ring (bicyclic) bond motifs is 1. The quantitative estimate of drug-likeness (QED) is 0.697. The molecule has 0 fully saturated rings. The molecule has 0 saturated carbocycles. The third-order valence-electron chi connectivity index (χ3n) is 3.08. The molecule has 0 N–H and O–H groups in total. The second-order valence-electron chi connectivity index (χ2n) is 4.75. The number of rotatable bonds is 1. The first kappa shape index (κ1) is 11.0. The zero-order chi connectivity index (χ0) is 11.9. The molecule has 86 valence electrons. The Morgan fingerprint density at radius 3 is 2.29 bits per heavy atom. The molecule has 0 aliphatic carbocycles. The van der Waals surface area contributed by atoms with Gasteiger partial charge in [-0.2, -0.15) is 0 Å². The average molecular weight is 242 g/mol. The second kappa shape index (κ2) is 3.94. The van der Waals surface area contributed by atoms with Crippen LogP contribution in [0.1, 0.15) is 19.4 Å². The minimum Gasteiger partial charge on any atom is -0.339 e. The van der Waals surface area contributed by atoms with Crippen molar-refractivity contribution in [1.29, 1.82) is 0 Å². The summed E-state index contributed by atoms with van der Waals surface area (Å²) in [5.74, 6) is 0. The van der Waals surface area contributed by atoms with Crippen LogP contribution in [-0.2, 0) is 10.1 Å². The first-order valence-electron chi connectivity index (χ1n) is 5.82. The average Bonchev–Trinajstić information content (AvgIpc) is 2.64. The summed E-state index contributed by atoms with van der Waals surface area (Å²) in [6.07, 6.45) is 0. The van der Waals surface area contributed by atoms with Crippen LogP contribution in [0.3, 0.4) is 0 Å². The fourth-order valence-corrected chi connectivity index (χ4v) is 4.51. The Morgan fingerprint density at radius 1 is 0.882 bits per heavy atom. The van der Waals surface area contributed by atoms with E-state index in [4.69, 9.17) is 4.52 Å². The lowest BCUT2D eigenvalue weighted by molar-refractivity contribution is 0.143. The van der Waals surface area contributed by atoms with Gasteiger partial charge in [0.2, 0.25) is 0 Å². The van der Waals surface area contributed by atoms with E-state index >= 15 is 0 Å². The van der Waals surface area contributed by atoms with Crippen molar-refractivity contribution < 1.29 is 4.52 Å². The van der Waals surface area contributed by atoms with Gasteiger partial charge in [0, 0.05) is 10.6 Å². The van der Waals surface area contributed by atoms with Gasteiger partial charge in [0.25, 0.3) is 0 Å². The lowest BCUT2D eigenvalue weighted by Crippen LogP contribution is -2.15. The summed E-state index contributed by atoms with van der Waals surface area (Å²) < 4.78 is 6.27. The van der Waals surface area contributed by atoms with Crippen molar-refractivity contribution in [2.24, 2.45) is 0 Å². The summed E-state index contributed by atoms with van der Waals surface area (Å²) in [7, 11) is -0.644. The van der Waals surface area contributed by atoms with Crippen molar-refractivity contribution in [1.82, 2.24) is 0 Å². The Balaban J connectivity index is 2.12. The fourth-order valence-electron chi connectivity index (χ4n) is 2.24. The van der Waals surface area contributed by atoms with Gasteiger partial charge in [-0.25, -0.2) is 0 Å². The van der Waals surface area contributed by atoms with Gasteiger partial charge in [-0.15, -0.1) is 0 Å². The second-order valence-corrected chi connectivity index (χ2v) is 6.52. The van der Waals surface area contributed by atoms with E-state index in [0.717, 1.165) is 0 Å². The zero-order valence-corrected chi connectivity index (χ0v) is 10.9. The van der Waals surface area contributed by atoms with Crippen molar-refractivity contribution in [2.45, 2.75) is 19.4 Å². The van der Waals surface area contributed by atoms with Crippen LogP contribution in [0.2, 0.25) is 0 Å². The van der Waals surface area contributed by atoms with E-state index in [1.807, 2.05) is 6.07 Å². The van der Waals surface area contributed by atoms with Gasteiger partial charge in [-0.1, -0.05) is 54.6 Å². The Labute approximate surface area is 103 Å². The molecule has 1 aliphatic heterocycles. The van der Waals surface area contributed by atoms with E-state index < -0.39 is 8.15 Å². The zero-order valence-electron chi connectivity index (χ0n) is 10.1. The van der Waals surface area contributed by atoms with Crippen molar-refractivity contribution >= 4 is 18.8 Å². The molecule has 17 heavy (non-hydrogen) atoms. The highest BCUT2D eigenvalue weighted by Gasteiger charge is 2.38. The number of benzene rings is 2. The number of hydrogen-bond acceptors (Lipinski definition) is 1. The maximum atomic E-state index is 6.27. The van der Waals surface area contributed by atoms with Crippen molar-refractivity contribution in [3.63, 3.8) is 0 Å². The molecule has 1 unspecified atom stereocenters. The van der Waals surface area contributed by atoms with E-state index in [1.165, 1.54) is 16.2 Å². The van der Waals surface area contributed by atoms with E-state index in [9.17, 15) is 0 Å². The SMILES string of the molecule is CC1(C)OP(c2ccccc2)c2ccccc21. The first-order valence-corrected chi connectivity index (χ1v) is 7.08. The summed E-state index contributed by atoms with van der Waals surface area (Å²) in [6.45, 7) is 4.30. The Bertz CT molecular complexity index is 534. The minimum absolute atomic E-state index is 0.169. The maximum Gasteiger partial charge on any atom is 0.0934 e. The Hall–Kier alpha value is -1.17. The van der Waals surface area contributed by atoms with E-state index in [2.05, 4.69) is 62.4 Å². The van der Waals surface area contributed by atoms with Gasteiger partial charge in [-0.05, 0) is 19.4 Å². The molecule has 3 rings (SSSR count). The fraction of sp³-hybridized carbons (Fsp3) is 0.200. The standard InChI is InChI=1S/C15H15OP/c1-15(2)13-10-6-7-11-14(13)17(16-15)12-8-4-3-5-9-12/h3-11H,1-2H3. The molecule has 2 aromatic rings. The van der Waals surface area contributed by atoms with Crippen molar-refractivity contribution in [3.8, 4) is 0 Å². The molecule has 0 bridgehead atoms. The predicted octanol–water partition coefficient (Wildman–Crippen LogP) is 3.30. The van der Waals surface area contributed by atoms with Gasteiger partial charge >= 0.3 is 0 Å². The van der Waals surface area contributed by atoms with Crippen LogP contribution in [-0.4, -0.2) is 0 Å². The molecule has 0 aromatic heterocycles. The number of hydrogen-bond donors (Lipinski definition) is 0. The molecule has 1 atom stereocenters. The molecule has 2 aromatic carbocycles. The minimum atomic E-state index is -0.644. The molecular weight excluding hydrogens is 227 g/mol. The highest BCUT2D eigenvalue weighted by atomic mass is 31.1. The van der Waals surface area contributed by atoms with Crippen molar-refractivity contribution in [3.05, 3.63) is 60.2 Å². The molecule has 0 radical (unpaired) electrons. The largest absolute Gasteiger partial charge is 0.339 e. The summed E-state index contributed by atoms with van der Waals surface area (Å²) in [5.41, 5.74) is 1.16. The molecule has 1 heterocycles. The molecular formula is C15H15OP. The van der Waals surface area contributed by atoms with Gasteiger partial charge in [0.05, 0.1) is 13.7 Å². The molecule has 1 nitrogen and oxygen atoms in total. The summed E-state index contributed by atoms with van der Waals surface area (Å²) in [6, 6.07) is 19.1. The summed E-state index contributed by atoms with van der Waals surface area (Å²) in [4.78, 5) is 0. The summed E-state index contributed by atoms with van der Waals surface area (Å²) in [5, 5.41) is 2.65. The van der Waals surface area contributed by atoms with E-state index in [-0.39, 0.29) is 5.60 Å². The van der Waals surface area contributed by atoms with Gasteiger partial charge in [-0.3, -0.25) is 0 Å². The molecule has 1 aliphatic rings. The molecule has 0 spiro atoms. The van der Waals surface area contributed by atoms with Gasteiger partial charge in [0.1, 0.15) is 0 Å². The first-order chi connectivity index (χ1) is 8.18. The Morgan fingerprint density at radius 2 is 1.53 bits per heavy atom. The van der Waals surface area contributed by atoms with E-state index in [1.54, 1.807) is 0 Å². The lowest BCUT2D eigenvalue weighted by Gasteiger charge is -2.20. The third-order valence-corrected chi connectivity index (χ3v) is 5.32. The smallest absolute Gasteiger partial charge is 0.0934 e. The molecule has 2 heteroatoms. The van der Waals surface area contributed by atoms with Crippen LogP contribution in [0.25, 0.3) is 0 Å². The van der Waals surface area contributed by atoms with Gasteiger partial charge < -0.3 is 4.52 Å². The molecule has 0 saturated heterocycles. The van der Waals surface area contributed by atoms with Crippen LogP contribution < -0.4 is 10.6 Å². The predicted molar refractivity (Wildman–Crippen MR) is 73.2 cm³/mol. The van der Waals surface area contributed by atoms with Crippen LogP contribution in [0.15, 0.2) is 54.6 Å². The van der Waals surface area contributed by atoms with Crippen LogP contribution in [0.4, 0.5) is 0 Å².